The van der Waals surface area contributed by atoms with Crippen LogP contribution in [0.2, 0.25) is 0 Å². The summed E-state index contributed by atoms with van der Waals surface area (Å²) in [6, 6.07) is 7.14. The van der Waals surface area contributed by atoms with Crippen molar-refractivity contribution in [2.75, 3.05) is 19.0 Å². The van der Waals surface area contributed by atoms with E-state index in [2.05, 4.69) is 18.3 Å². The lowest BCUT2D eigenvalue weighted by Crippen LogP contribution is -2.48. The van der Waals surface area contributed by atoms with E-state index in [0.717, 1.165) is 19.3 Å². The van der Waals surface area contributed by atoms with Crippen LogP contribution in [0.1, 0.15) is 45.1 Å². The van der Waals surface area contributed by atoms with Crippen LogP contribution in [0.4, 0.5) is 5.69 Å². The lowest BCUT2D eigenvalue weighted by Gasteiger charge is -2.38. The zero-order valence-corrected chi connectivity index (χ0v) is 14.0. The van der Waals surface area contributed by atoms with E-state index in [0.29, 0.717) is 35.9 Å². The fourth-order valence-corrected chi connectivity index (χ4v) is 3.27. The van der Waals surface area contributed by atoms with Crippen molar-refractivity contribution in [3.05, 3.63) is 23.8 Å². The maximum Gasteiger partial charge on any atom is 0.256 e. The Balaban J connectivity index is 2.24. The van der Waals surface area contributed by atoms with Crippen molar-refractivity contribution in [2.24, 2.45) is 5.92 Å². The molecule has 124 valence electrons. The highest BCUT2D eigenvalue weighted by Crippen LogP contribution is 2.36. The molecule has 5 heteroatoms. The fourth-order valence-electron chi connectivity index (χ4n) is 3.27. The average molecular weight is 316 g/mol. The molecule has 1 saturated carbocycles. The van der Waals surface area contributed by atoms with E-state index in [-0.39, 0.29) is 5.91 Å². The molecule has 2 rings (SSSR count). The lowest BCUT2D eigenvalue weighted by molar-refractivity contribution is -0.147. The molecule has 1 fully saturated rings. The maximum atomic E-state index is 12.9. The largest absolute Gasteiger partial charge is 0.497 e. The highest BCUT2D eigenvalue weighted by Gasteiger charge is 2.42. The highest BCUT2D eigenvalue weighted by atomic mass is 16.5. The molecule has 1 aliphatic carbocycles. The zero-order chi connectivity index (χ0) is 16.9. The second kappa shape index (κ2) is 7.47. The van der Waals surface area contributed by atoms with Crippen molar-refractivity contribution in [2.45, 2.75) is 45.1 Å². The maximum absolute atomic E-state index is 12.9. The van der Waals surface area contributed by atoms with Gasteiger partial charge in [-0.05, 0) is 50.3 Å². The van der Waals surface area contributed by atoms with E-state index in [9.17, 15) is 10.1 Å². The molecule has 1 aliphatic rings. The van der Waals surface area contributed by atoms with Crippen molar-refractivity contribution < 1.29 is 14.3 Å². The molecule has 0 bridgehead atoms. The van der Waals surface area contributed by atoms with Crippen molar-refractivity contribution in [3.8, 4) is 11.8 Å². The minimum Gasteiger partial charge on any atom is -0.497 e. The number of ether oxygens (including phenoxy) is 2. The first-order valence-corrected chi connectivity index (χ1v) is 8.08. The molecule has 23 heavy (non-hydrogen) atoms. The number of anilines is 1. The van der Waals surface area contributed by atoms with E-state index in [1.807, 2.05) is 6.92 Å². The van der Waals surface area contributed by atoms with Gasteiger partial charge in [0, 0.05) is 6.61 Å². The number of rotatable bonds is 5. The van der Waals surface area contributed by atoms with Crippen molar-refractivity contribution >= 4 is 11.6 Å². The Morgan fingerprint density at radius 2 is 2.30 bits per heavy atom. The SMILES string of the molecule is CCOC1(C(=O)Nc2ccc(OC)cc2C#N)CCCC(C)C1. The summed E-state index contributed by atoms with van der Waals surface area (Å²) >= 11 is 0. The first-order chi connectivity index (χ1) is 11.0. The molecular weight excluding hydrogens is 292 g/mol. The molecule has 5 nitrogen and oxygen atoms in total. The van der Waals surface area contributed by atoms with Crippen LogP contribution in [-0.2, 0) is 9.53 Å². The van der Waals surface area contributed by atoms with Gasteiger partial charge in [0.1, 0.15) is 17.4 Å². The van der Waals surface area contributed by atoms with Gasteiger partial charge in [-0.15, -0.1) is 0 Å². The molecule has 0 aromatic heterocycles. The van der Waals surface area contributed by atoms with E-state index < -0.39 is 5.60 Å². The first-order valence-electron chi connectivity index (χ1n) is 8.08. The fraction of sp³-hybridized carbons (Fsp3) is 0.556. The molecule has 0 aliphatic heterocycles. The van der Waals surface area contributed by atoms with E-state index >= 15 is 0 Å². The van der Waals surface area contributed by atoms with E-state index in [4.69, 9.17) is 9.47 Å². The number of nitrogens with one attached hydrogen (secondary N) is 1. The Bertz CT molecular complexity index is 605. The molecule has 1 aromatic rings. The monoisotopic (exact) mass is 316 g/mol. The molecule has 0 saturated heterocycles. The van der Waals surface area contributed by atoms with Gasteiger partial charge < -0.3 is 14.8 Å². The summed E-state index contributed by atoms with van der Waals surface area (Å²) in [5.74, 6) is 0.880. The number of hydrogen-bond acceptors (Lipinski definition) is 4. The second-order valence-electron chi connectivity index (χ2n) is 6.11. The van der Waals surface area contributed by atoms with Crippen LogP contribution in [0.15, 0.2) is 18.2 Å². The van der Waals surface area contributed by atoms with Gasteiger partial charge in [0.25, 0.3) is 5.91 Å². The number of nitriles is 1. The third-order valence-electron chi connectivity index (χ3n) is 4.39. The standard InChI is InChI=1S/C18H24N2O3/c1-4-23-18(9-5-6-13(2)11-18)17(21)20-16-8-7-15(22-3)10-14(16)12-19/h7-8,10,13H,4-6,9,11H2,1-3H3,(H,20,21). The number of benzene rings is 1. The number of amides is 1. The van der Waals surface area contributed by atoms with Gasteiger partial charge in [0.05, 0.1) is 18.4 Å². The zero-order valence-electron chi connectivity index (χ0n) is 14.0. The summed E-state index contributed by atoms with van der Waals surface area (Å²) in [6.45, 7) is 4.55. The van der Waals surface area contributed by atoms with Crippen molar-refractivity contribution in [3.63, 3.8) is 0 Å². The molecule has 0 spiro atoms. The highest BCUT2D eigenvalue weighted by molar-refractivity contribution is 5.98. The van der Waals surface area contributed by atoms with Gasteiger partial charge >= 0.3 is 0 Å². The summed E-state index contributed by atoms with van der Waals surface area (Å²) in [4.78, 5) is 12.9. The Kier molecular flexibility index (Phi) is 5.62. The van der Waals surface area contributed by atoms with Crippen LogP contribution in [0, 0.1) is 17.2 Å². The molecule has 2 unspecified atom stereocenters. The second-order valence-corrected chi connectivity index (χ2v) is 6.11. The van der Waals surface area contributed by atoms with Crippen LogP contribution in [0.25, 0.3) is 0 Å². The van der Waals surface area contributed by atoms with Crippen molar-refractivity contribution in [1.29, 1.82) is 5.26 Å². The summed E-state index contributed by atoms with van der Waals surface area (Å²) in [5, 5.41) is 12.2. The minimum absolute atomic E-state index is 0.160. The van der Waals surface area contributed by atoms with Crippen LogP contribution in [0.3, 0.4) is 0 Å². The summed E-state index contributed by atoms with van der Waals surface area (Å²) < 4.78 is 11.0. The van der Waals surface area contributed by atoms with Gasteiger partial charge in [-0.2, -0.15) is 5.26 Å². The molecule has 2 atom stereocenters. The van der Waals surface area contributed by atoms with Crippen LogP contribution in [-0.4, -0.2) is 25.2 Å². The Morgan fingerprint density at radius 1 is 1.52 bits per heavy atom. The van der Waals surface area contributed by atoms with Gasteiger partial charge in [0.2, 0.25) is 0 Å². The third kappa shape index (κ3) is 3.83. The van der Waals surface area contributed by atoms with Crippen LogP contribution < -0.4 is 10.1 Å². The van der Waals surface area contributed by atoms with Gasteiger partial charge in [0.15, 0.2) is 0 Å². The number of methoxy groups -OCH3 is 1. The van der Waals surface area contributed by atoms with E-state index in [1.165, 1.54) is 0 Å². The topological polar surface area (TPSA) is 71.3 Å². The smallest absolute Gasteiger partial charge is 0.256 e. The number of hydrogen-bond donors (Lipinski definition) is 1. The van der Waals surface area contributed by atoms with Gasteiger partial charge in [-0.25, -0.2) is 0 Å². The molecule has 1 N–H and O–H groups in total. The third-order valence-corrected chi connectivity index (χ3v) is 4.39. The van der Waals surface area contributed by atoms with Crippen molar-refractivity contribution in [1.82, 2.24) is 0 Å². The Labute approximate surface area is 137 Å². The van der Waals surface area contributed by atoms with Crippen LogP contribution >= 0.6 is 0 Å². The quantitative estimate of drug-likeness (QED) is 0.902. The molecule has 1 amide bonds. The Morgan fingerprint density at radius 3 is 2.91 bits per heavy atom. The van der Waals surface area contributed by atoms with Crippen LogP contribution in [0.5, 0.6) is 5.75 Å². The predicted octanol–water partition coefficient (Wildman–Crippen LogP) is 3.49. The number of nitrogens with zero attached hydrogens (tertiary/aromatic N) is 1. The van der Waals surface area contributed by atoms with Gasteiger partial charge in [-0.3, -0.25) is 4.79 Å². The minimum atomic E-state index is -0.793. The number of carbonyl (C=O) groups excluding carboxylic acids is 1. The first kappa shape index (κ1) is 17.3. The molecule has 0 radical (unpaired) electrons. The summed E-state index contributed by atoms with van der Waals surface area (Å²) in [6.07, 6.45) is 3.52. The van der Waals surface area contributed by atoms with E-state index in [1.54, 1.807) is 25.3 Å². The summed E-state index contributed by atoms with van der Waals surface area (Å²) in [7, 11) is 1.54. The lowest BCUT2D eigenvalue weighted by atomic mass is 9.78. The Hall–Kier alpha value is -2.06. The summed E-state index contributed by atoms with van der Waals surface area (Å²) in [5.41, 5.74) is 0.0859. The predicted molar refractivity (Wildman–Crippen MR) is 88.3 cm³/mol. The molecule has 1 aromatic carbocycles. The number of carbonyl (C=O) groups is 1. The average Bonchev–Trinajstić information content (AvgIpc) is 2.55. The molecule has 0 heterocycles. The van der Waals surface area contributed by atoms with Gasteiger partial charge in [-0.1, -0.05) is 13.3 Å². The molecular formula is C18H24N2O3. The normalized spacial score (nSPS) is 23.8.